The summed E-state index contributed by atoms with van der Waals surface area (Å²) in [4.78, 5) is 8.57. The summed E-state index contributed by atoms with van der Waals surface area (Å²) >= 11 is 12.4. The highest BCUT2D eigenvalue weighted by molar-refractivity contribution is 6.35. The van der Waals surface area contributed by atoms with Gasteiger partial charge in [0.15, 0.2) is 5.82 Å². The van der Waals surface area contributed by atoms with Crippen LogP contribution in [0.15, 0.2) is 30.3 Å². The maximum absolute atomic E-state index is 14.0. The normalized spacial score (nSPS) is 11.1. The van der Waals surface area contributed by atoms with Gasteiger partial charge in [-0.3, -0.25) is 0 Å². The van der Waals surface area contributed by atoms with E-state index in [1.165, 1.54) is 6.07 Å². The van der Waals surface area contributed by atoms with E-state index in [0.29, 0.717) is 21.8 Å². The Morgan fingerprint density at radius 2 is 1.76 bits per heavy atom. The van der Waals surface area contributed by atoms with Crippen LogP contribution in [0.3, 0.4) is 0 Å². The average molecular weight is 321 g/mol. The fraction of sp³-hybridized carbons (Fsp3) is 0.125. The highest BCUT2D eigenvalue weighted by Crippen LogP contribution is 2.32. The molecule has 2 nitrogen and oxygen atoms in total. The first-order valence-corrected chi connectivity index (χ1v) is 7.12. The van der Waals surface area contributed by atoms with Crippen LogP contribution in [0, 0.1) is 19.7 Å². The van der Waals surface area contributed by atoms with Crippen molar-refractivity contribution in [2.45, 2.75) is 13.8 Å². The molecular formula is C16H11Cl2FN2. The van der Waals surface area contributed by atoms with Gasteiger partial charge < -0.3 is 0 Å². The zero-order valence-electron chi connectivity index (χ0n) is 11.4. The zero-order chi connectivity index (χ0) is 15.1. The SMILES string of the molecule is Cc1ccc(-c2nc(Cl)c3c(C)ccc(F)c3n2)c(Cl)c1. The Morgan fingerprint density at radius 3 is 2.48 bits per heavy atom. The highest BCUT2D eigenvalue weighted by Gasteiger charge is 2.15. The molecule has 0 aliphatic heterocycles. The fourth-order valence-electron chi connectivity index (χ4n) is 2.24. The number of nitrogens with zero attached hydrogens (tertiary/aromatic N) is 2. The molecule has 0 radical (unpaired) electrons. The molecule has 0 amide bonds. The van der Waals surface area contributed by atoms with Gasteiger partial charge in [0.2, 0.25) is 0 Å². The van der Waals surface area contributed by atoms with Crippen molar-refractivity contribution in [3.8, 4) is 11.4 Å². The molecule has 0 aliphatic rings. The first kappa shape index (κ1) is 14.2. The van der Waals surface area contributed by atoms with E-state index < -0.39 is 5.82 Å². The van der Waals surface area contributed by atoms with E-state index in [9.17, 15) is 4.39 Å². The number of benzene rings is 2. The first-order chi connectivity index (χ1) is 9.97. The van der Waals surface area contributed by atoms with E-state index in [-0.39, 0.29) is 10.7 Å². The summed E-state index contributed by atoms with van der Waals surface area (Å²) in [5, 5.41) is 1.27. The topological polar surface area (TPSA) is 25.8 Å². The van der Waals surface area contributed by atoms with Crippen LogP contribution < -0.4 is 0 Å². The number of halogens is 3. The first-order valence-electron chi connectivity index (χ1n) is 6.36. The maximum Gasteiger partial charge on any atom is 0.163 e. The van der Waals surface area contributed by atoms with Crippen molar-refractivity contribution in [1.82, 2.24) is 9.97 Å². The second-order valence-electron chi connectivity index (χ2n) is 4.91. The van der Waals surface area contributed by atoms with E-state index in [0.717, 1.165) is 11.1 Å². The summed E-state index contributed by atoms with van der Waals surface area (Å²) in [6.07, 6.45) is 0. The summed E-state index contributed by atoms with van der Waals surface area (Å²) in [5.41, 5.74) is 2.70. The smallest absolute Gasteiger partial charge is 0.163 e. The van der Waals surface area contributed by atoms with E-state index in [1.807, 2.05) is 32.0 Å². The molecule has 21 heavy (non-hydrogen) atoms. The van der Waals surface area contributed by atoms with Gasteiger partial charge in [0.1, 0.15) is 16.5 Å². The monoisotopic (exact) mass is 320 g/mol. The predicted octanol–water partition coefficient (Wildman–Crippen LogP) is 5.36. The van der Waals surface area contributed by atoms with Gasteiger partial charge in [-0.1, -0.05) is 35.3 Å². The molecule has 1 heterocycles. The Bertz CT molecular complexity index is 863. The van der Waals surface area contributed by atoms with Crippen molar-refractivity contribution in [1.29, 1.82) is 0 Å². The second kappa shape index (κ2) is 5.24. The molecule has 0 atom stereocenters. The van der Waals surface area contributed by atoms with Crippen molar-refractivity contribution in [3.63, 3.8) is 0 Å². The summed E-state index contributed by atoms with van der Waals surface area (Å²) in [6, 6.07) is 8.55. The Morgan fingerprint density at radius 1 is 1.00 bits per heavy atom. The molecule has 1 aromatic heterocycles. The molecule has 0 aliphatic carbocycles. The molecule has 0 bridgehead atoms. The lowest BCUT2D eigenvalue weighted by Crippen LogP contribution is -1.96. The Hall–Kier alpha value is -1.71. The van der Waals surface area contributed by atoms with Gasteiger partial charge in [-0.15, -0.1) is 0 Å². The summed E-state index contributed by atoms with van der Waals surface area (Å²) < 4.78 is 14.0. The lowest BCUT2D eigenvalue weighted by Gasteiger charge is -2.09. The molecule has 2 aromatic carbocycles. The summed E-state index contributed by atoms with van der Waals surface area (Å²) in [5.74, 6) is -0.105. The number of rotatable bonds is 1. The lowest BCUT2D eigenvalue weighted by molar-refractivity contribution is 0.636. The third-order valence-corrected chi connectivity index (χ3v) is 3.92. The Kier molecular flexibility index (Phi) is 3.56. The van der Waals surface area contributed by atoms with Gasteiger partial charge in [-0.2, -0.15) is 0 Å². The molecule has 0 saturated heterocycles. The zero-order valence-corrected chi connectivity index (χ0v) is 12.9. The minimum atomic E-state index is -0.426. The van der Waals surface area contributed by atoms with Crippen molar-refractivity contribution < 1.29 is 4.39 Å². The lowest BCUT2D eigenvalue weighted by atomic mass is 10.1. The number of hydrogen-bond acceptors (Lipinski definition) is 2. The predicted molar refractivity (Wildman–Crippen MR) is 84.4 cm³/mol. The quantitative estimate of drug-likeness (QED) is 0.564. The van der Waals surface area contributed by atoms with Crippen molar-refractivity contribution in [3.05, 3.63) is 57.5 Å². The van der Waals surface area contributed by atoms with Crippen molar-refractivity contribution in [2.24, 2.45) is 0 Å². The molecule has 5 heteroatoms. The molecule has 0 saturated carbocycles. The molecule has 3 rings (SSSR count). The third kappa shape index (κ3) is 2.47. The van der Waals surface area contributed by atoms with Gasteiger partial charge in [0, 0.05) is 10.9 Å². The number of fused-ring (bicyclic) bond motifs is 1. The Labute approximate surface area is 131 Å². The number of aryl methyl sites for hydroxylation is 2. The number of hydrogen-bond donors (Lipinski definition) is 0. The summed E-state index contributed by atoms with van der Waals surface area (Å²) in [7, 11) is 0. The number of aromatic nitrogens is 2. The van der Waals surface area contributed by atoms with Crippen LogP contribution in [0.25, 0.3) is 22.3 Å². The molecule has 0 fully saturated rings. The Balaban J connectivity index is 2.33. The van der Waals surface area contributed by atoms with Gasteiger partial charge in [-0.25, -0.2) is 14.4 Å². The largest absolute Gasteiger partial charge is 0.225 e. The molecule has 106 valence electrons. The standard InChI is InChI=1S/C16H11Cl2FN2/c1-8-3-5-10(11(17)7-8)16-20-14-12(19)6-4-9(2)13(14)15(18)21-16/h3-7H,1-2H3. The van der Waals surface area contributed by atoms with Gasteiger partial charge in [0.05, 0.1) is 5.02 Å². The third-order valence-electron chi connectivity index (χ3n) is 3.33. The minimum absolute atomic E-state index is 0.210. The van der Waals surface area contributed by atoms with Crippen LogP contribution in [0.5, 0.6) is 0 Å². The van der Waals surface area contributed by atoms with Crippen LogP contribution >= 0.6 is 23.2 Å². The van der Waals surface area contributed by atoms with E-state index in [4.69, 9.17) is 23.2 Å². The second-order valence-corrected chi connectivity index (χ2v) is 5.67. The molecular weight excluding hydrogens is 310 g/mol. The van der Waals surface area contributed by atoms with E-state index >= 15 is 0 Å². The summed E-state index contributed by atoms with van der Waals surface area (Å²) in [6.45, 7) is 3.78. The van der Waals surface area contributed by atoms with E-state index in [2.05, 4.69) is 9.97 Å². The van der Waals surface area contributed by atoms with Gasteiger partial charge in [0.25, 0.3) is 0 Å². The minimum Gasteiger partial charge on any atom is -0.225 e. The van der Waals surface area contributed by atoms with Crippen molar-refractivity contribution >= 4 is 34.1 Å². The van der Waals surface area contributed by atoms with Crippen LogP contribution in [0.4, 0.5) is 4.39 Å². The van der Waals surface area contributed by atoms with Gasteiger partial charge >= 0.3 is 0 Å². The fourth-order valence-corrected chi connectivity index (χ4v) is 2.88. The van der Waals surface area contributed by atoms with Gasteiger partial charge in [-0.05, 0) is 43.2 Å². The van der Waals surface area contributed by atoms with E-state index in [1.54, 1.807) is 6.07 Å². The maximum atomic E-state index is 14.0. The van der Waals surface area contributed by atoms with Crippen LogP contribution in [-0.2, 0) is 0 Å². The van der Waals surface area contributed by atoms with Crippen LogP contribution in [0.1, 0.15) is 11.1 Å². The molecule has 3 aromatic rings. The average Bonchev–Trinajstić information content (AvgIpc) is 2.42. The molecule has 0 unspecified atom stereocenters. The highest BCUT2D eigenvalue weighted by atomic mass is 35.5. The molecule has 0 N–H and O–H groups in total. The van der Waals surface area contributed by atoms with Crippen LogP contribution in [-0.4, -0.2) is 9.97 Å². The van der Waals surface area contributed by atoms with Crippen molar-refractivity contribution in [2.75, 3.05) is 0 Å². The molecule has 0 spiro atoms. The van der Waals surface area contributed by atoms with Crippen LogP contribution in [0.2, 0.25) is 10.2 Å².